The third-order valence-corrected chi connectivity index (χ3v) is 4.05. The molecule has 0 aromatic heterocycles. The molecule has 19 heavy (non-hydrogen) atoms. The van der Waals surface area contributed by atoms with Gasteiger partial charge in [-0.25, -0.2) is 4.79 Å². The van der Waals surface area contributed by atoms with Gasteiger partial charge < -0.3 is 16.4 Å². The third kappa shape index (κ3) is 4.00. The van der Waals surface area contributed by atoms with Crippen LogP contribution in [-0.4, -0.2) is 18.1 Å². The summed E-state index contributed by atoms with van der Waals surface area (Å²) >= 11 is 11.7. The van der Waals surface area contributed by atoms with Crippen LogP contribution in [-0.2, 0) is 0 Å². The van der Waals surface area contributed by atoms with Crippen LogP contribution in [0.15, 0.2) is 18.2 Å². The normalized spacial score (nSPS) is 22.9. The molecule has 1 aromatic carbocycles. The number of amides is 2. The molecule has 104 valence electrons. The van der Waals surface area contributed by atoms with Gasteiger partial charge in [0.25, 0.3) is 0 Å². The van der Waals surface area contributed by atoms with Gasteiger partial charge in [-0.15, -0.1) is 0 Å². The van der Waals surface area contributed by atoms with E-state index in [1.807, 2.05) is 0 Å². The SMILES string of the molecule is N[C@@H]1CCCC[C@H]1NC(=O)Nc1ccc(Cl)c(Cl)c1. The number of nitrogens with two attached hydrogens (primary N) is 1. The largest absolute Gasteiger partial charge is 0.334 e. The van der Waals surface area contributed by atoms with Crippen molar-refractivity contribution in [1.29, 1.82) is 0 Å². The summed E-state index contributed by atoms with van der Waals surface area (Å²) in [5.41, 5.74) is 6.59. The molecular formula is C13H17Cl2N3O. The van der Waals surface area contributed by atoms with Gasteiger partial charge in [-0.3, -0.25) is 0 Å². The van der Waals surface area contributed by atoms with Gasteiger partial charge in [0.2, 0.25) is 0 Å². The molecule has 2 amide bonds. The lowest BCUT2D eigenvalue weighted by Gasteiger charge is -2.29. The predicted octanol–water partition coefficient (Wildman–Crippen LogP) is 3.38. The number of benzene rings is 1. The van der Waals surface area contributed by atoms with Gasteiger partial charge in [-0.05, 0) is 31.0 Å². The lowest BCUT2D eigenvalue weighted by Crippen LogP contribution is -2.50. The number of urea groups is 1. The van der Waals surface area contributed by atoms with E-state index in [0.717, 1.165) is 25.7 Å². The van der Waals surface area contributed by atoms with Gasteiger partial charge in [-0.2, -0.15) is 0 Å². The molecular weight excluding hydrogens is 285 g/mol. The average Bonchev–Trinajstić information content (AvgIpc) is 2.37. The van der Waals surface area contributed by atoms with Crippen molar-refractivity contribution in [1.82, 2.24) is 5.32 Å². The fourth-order valence-electron chi connectivity index (χ4n) is 2.25. The maximum absolute atomic E-state index is 11.9. The van der Waals surface area contributed by atoms with E-state index in [1.165, 1.54) is 0 Å². The number of nitrogens with one attached hydrogen (secondary N) is 2. The summed E-state index contributed by atoms with van der Waals surface area (Å²) in [5.74, 6) is 0. The molecule has 1 aliphatic rings. The zero-order valence-corrected chi connectivity index (χ0v) is 12.0. The summed E-state index contributed by atoms with van der Waals surface area (Å²) < 4.78 is 0. The Balaban J connectivity index is 1.91. The molecule has 0 heterocycles. The van der Waals surface area contributed by atoms with Crippen molar-refractivity contribution < 1.29 is 4.79 Å². The van der Waals surface area contributed by atoms with Crippen LogP contribution in [0.2, 0.25) is 10.0 Å². The Kier molecular flexibility index (Phi) is 4.91. The van der Waals surface area contributed by atoms with E-state index in [1.54, 1.807) is 18.2 Å². The first-order valence-electron chi connectivity index (χ1n) is 6.34. The first kappa shape index (κ1) is 14.4. The maximum atomic E-state index is 11.9. The van der Waals surface area contributed by atoms with Gasteiger partial charge in [0.05, 0.1) is 10.0 Å². The first-order chi connectivity index (χ1) is 9.06. The monoisotopic (exact) mass is 301 g/mol. The van der Waals surface area contributed by atoms with Gasteiger partial charge in [0, 0.05) is 17.8 Å². The van der Waals surface area contributed by atoms with Gasteiger partial charge in [0.1, 0.15) is 0 Å². The molecule has 6 heteroatoms. The molecule has 1 aliphatic carbocycles. The minimum atomic E-state index is -0.263. The van der Waals surface area contributed by atoms with Crippen molar-refractivity contribution in [2.75, 3.05) is 5.32 Å². The van der Waals surface area contributed by atoms with E-state index in [2.05, 4.69) is 10.6 Å². The van der Waals surface area contributed by atoms with Gasteiger partial charge in [-0.1, -0.05) is 36.0 Å². The summed E-state index contributed by atoms with van der Waals surface area (Å²) in [6.45, 7) is 0. The van der Waals surface area contributed by atoms with E-state index in [9.17, 15) is 4.79 Å². The highest BCUT2D eigenvalue weighted by Gasteiger charge is 2.23. The smallest absolute Gasteiger partial charge is 0.319 e. The lowest BCUT2D eigenvalue weighted by atomic mass is 9.91. The minimum absolute atomic E-state index is 0.0355. The Hall–Kier alpha value is -0.970. The molecule has 0 saturated heterocycles. The Morgan fingerprint density at radius 3 is 2.63 bits per heavy atom. The number of halogens is 2. The highest BCUT2D eigenvalue weighted by Crippen LogP contribution is 2.25. The highest BCUT2D eigenvalue weighted by atomic mass is 35.5. The summed E-state index contributed by atoms with van der Waals surface area (Å²) in [4.78, 5) is 11.9. The highest BCUT2D eigenvalue weighted by molar-refractivity contribution is 6.42. The van der Waals surface area contributed by atoms with Crippen molar-refractivity contribution in [2.45, 2.75) is 37.8 Å². The van der Waals surface area contributed by atoms with E-state index in [0.29, 0.717) is 15.7 Å². The average molecular weight is 302 g/mol. The van der Waals surface area contributed by atoms with Crippen LogP contribution in [0.5, 0.6) is 0 Å². The molecule has 0 radical (unpaired) electrons. The summed E-state index contributed by atoms with van der Waals surface area (Å²) in [7, 11) is 0. The molecule has 0 bridgehead atoms. The fraction of sp³-hybridized carbons (Fsp3) is 0.462. The molecule has 4 nitrogen and oxygen atoms in total. The van der Waals surface area contributed by atoms with Crippen LogP contribution in [0.4, 0.5) is 10.5 Å². The van der Waals surface area contributed by atoms with E-state index in [-0.39, 0.29) is 18.1 Å². The van der Waals surface area contributed by atoms with Gasteiger partial charge >= 0.3 is 6.03 Å². The van der Waals surface area contributed by atoms with E-state index in [4.69, 9.17) is 28.9 Å². The van der Waals surface area contributed by atoms with Crippen LogP contribution in [0.3, 0.4) is 0 Å². The molecule has 0 spiro atoms. The molecule has 2 rings (SSSR count). The summed E-state index contributed by atoms with van der Waals surface area (Å²) in [6, 6.07) is 4.77. The van der Waals surface area contributed by atoms with Crippen molar-refractivity contribution in [3.8, 4) is 0 Å². The maximum Gasteiger partial charge on any atom is 0.319 e. The molecule has 0 unspecified atom stereocenters. The molecule has 2 atom stereocenters. The molecule has 0 aliphatic heterocycles. The number of hydrogen-bond donors (Lipinski definition) is 3. The number of carbonyl (C=O) groups is 1. The van der Waals surface area contributed by atoms with Crippen LogP contribution >= 0.6 is 23.2 Å². The van der Waals surface area contributed by atoms with Crippen molar-refractivity contribution in [3.63, 3.8) is 0 Å². The number of carbonyl (C=O) groups excluding carboxylic acids is 1. The van der Waals surface area contributed by atoms with Crippen LogP contribution in [0.1, 0.15) is 25.7 Å². The lowest BCUT2D eigenvalue weighted by molar-refractivity contribution is 0.240. The number of hydrogen-bond acceptors (Lipinski definition) is 2. The second-order valence-corrected chi connectivity index (χ2v) is 5.60. The molecule has 1 aromatic rings. The first-order valence-corrected chi connectivity index (χ1v) is 7.10. The predicted molar refractivity (Wildman–Crippen MR) is 78.8 cm³/mol. The van der Waals surface area contributed by atoms with Crippen molar-refractivity contribution in [3.05, 3.63) is 28.2 Å². The van der Waals surface area contributed by atoms with Crippen molar-refractivity contribution >= 4 is 34.9 Å². The number of anilines is 1. The third-order valence-electron chi connectivity index (χ3n) is 3.31. The fourth-order valence-corrected chi connectivity index (χ4v) is 2.55. The Morgan fingerprint density at radius 2 is 1.95 bits per heavy atom. The molecule has 4 N–H and O–H groups in total. The molecule has 1 saturated carbocycles. The van der Waals surface area contributed by atoms with Crippen LogP contribution < -0.4 is 16.4 Å². The van der Waals surface area contributed by atoms with E-state index < -0.39 is 0 Å². The van der Waals surface area contributed by atoms with Crippen LogP contribution in [0.25, 0.3) is 0 Å². The summed E-state index contributed by atoms with van der Waals surface area (Å²) in [5, 5.41) is 6.50. The zero-order valence-electron chi connectivity index (χ0n) is 10.5. The second kappa shape index (κ2) is 6.46. The topological polar surface area (TPSA) is 67.1 Å². The van der Waals surface area contributed by atoms with Crippen LogP contribution in [0, 0.1) is 0 Å². The Labute approximate surface area is 122 Å². The standard InChI is InChI=1S/C13H17Cl2N3O/c14-9-6-5-8(7-10(9)15)17-13(19)18-12-4-2-1-3-11(12)16/h5-7,11-12H,1-4,16H2,(H2,17,18,19)/t11-,12-/m1/s1. The number of rotatable bonds is 2. The Bertz CT molecular complexity index is 467. The van der Waals surface area contributed by atoms with E-state index >= 15 is 0 Å². The van der Waals surface area contributed by atoms with Crippen molar-refractivity contribution in [2.24, 2.45) is 5.73 Å². The quantitative estimate of drug-likeness (QED) is 0.784. The van der Waals surface area contributed by atoms with Gasteiger partial charge in [0.15, 0.2) is 0 Å². The minimum Gasteiger partial charge on any atom is -0.334 e. The summed E-state index contributed by atoms with van der Waals surface area (Å²) in [6.07, 6.45) is 4.12. The Morgan fingerprint density at radius 1 is 1.21 bits per heavy atom. The second-order valence-electron chi connectivity index (χ2n) is 4.78. The zero-order chi connectivity index (χ0) is 13.8. The molecule has 1 fully saturated rings.